The normalized spacial score (nSPS) is 13.8. The molecular weight excluding hydrogens is 462 g/mol. The summed E-state index contributed by atoms with van der Waals surface area (Å²) in [6, 6.07) is 27.9. The van der Waals surface area contributed by atoms with E-state index < -0.39 is 11.8 Å². The number of hydrogen-bond acceptors (Lipinski definition) is 3. The highest BCUT2D eigenvalue weighted by molar-refractivity contribution is 7.28. The predicted octanol–water partition coefficient (Wildman–Crippen LogP) is 10.2. The van der Waals surface area contributed by atoms with Crippen LogP contribution in [0.3, 0.4) is 0 Å². The molecule has 0 spiro atoms. The van der Waals surface area contributed by atoms with Crippen LogP contribution in [0.15, 0.2) is 85.1 Å². The van der Waals surface area contributed by atoms with E-state index in [-0.39, 0.29) is 0 Å². The second-order valence-corrected chi connectivity index (χ2v) is 12.2. The molecule has 0 radical (unpaired) electrons. The molecule has 0 fully saturated rings. The summed E-state index contributed by atoms with van der Waals surface area (Å²) < 4.78 is 22.7. The molecule has 1 nitrogen and oxygen atoms in total. The quantitative estimate of drug-likeness (QED) is 0.235. The Morgan fingerprint density at radius 2 is 1.31 bits per heavy atom. The molecule has 0 aliphatic rings. The van der Waals surface area contributed by atoms with Crippen molar-refractivity contribution in [1.29, 1.82) is 0 Å². The van der Waals surface area contributed by atoms with Crippen molar-refractivity contribution in [3.8, 4) is 11.3 Å². The van der Waals surface area contributed by atoms with Crippen LogP contribution >= 0.6 is 22.7 Å². The molecule has 0 atom stereocenters. The van der Waals surface area contributed by atoms with E-state index in [9.17, 15) is 0 Å². The third kappa shape index (κ3) is 3.37. The first-order valence-corrected chi connectivity index (χ1v) is 13.5. The number of hydrogen-bond donors (Lipinski definition) is 0. The number of rotatable bonds is 2. The van der Waals surface area contributed by atoms with Gasteiger partial charge < -0.3 is 0 Å². The van der Waals surface area contributed by atoms with Gasteiger partial charge in [0.15, 0.2) is 0 Å². The molecule has 3 aromatic heterocycles. The minimum absolute atomic E-state index is 0.522. The molecular formula is C32H25NS2. The fraction of sp³-hybridized carbons (Fsp3) is 0.156. The standard InChI is InChI=1S/C32H25NS2/c1-32(2,3)18-19-15-16-33-27(17-19)26-9-6-8-21-23-13-14-24-25(30(23)35-31(21)26)12-11-22-20-7-4-5-10-28(20)34-29(22)24/h4-17H,18H2,1-3H3/i18D2. The maximum atomic E-state index is 8.77. The molecule has 35 heavy (non-hydrogen) atoms. The van der Waals surface area contributed by atoms with E-state index in [2.05, 4.69) is 66.7 Å². The zero-order valence-electron chi connectivity index (χ0n) is 21.8. The second kappa shape index (κ2) is 7.61. The lowest BCUT2D eigenvalue weighted by Crippen LogP contribution is -2.09. The minimum atomic E-state index is -1.47. The average Bonchev–Trinajstić information content (AvgIpc) is 3.46. The lowest BCUT2D eigenvalue weighted by Gasteiger charge is -2.18. The van der Waals surface area contributed by atoms with Gasteiger partial charge in [0.05, 0.1) is 5.69 Å². The number of benzene rings is 4. The highest BCUT2D eigenvalue weighted by Crippen LogP contribution is 2.45. The van der Waals surface area contributed by atoms with Crippen molar-refractivity contribution in [1.82, 2.24) is 4.98 Å². The molecule has 170 valence electrons. The maximum absolute atomic E-state index is 8.77. The van der Waals surface area contributed by atoms with Crippen LogP contribution in [0, 0.1) is 5.41 Å². The molecule has 0 aliphatic heterocycles. The molecule has 0 bridgehead atoms. The van der Waals surface area contributed by atoms with Gasteiger partial charge in [-0.2, -0.15) is 0 Å². The van der Waals surface area contributed by atoms with Crippen LogP contribution in [0.5, 0.6) is 0 Å². The van der Waals surface area contributed by atoms with Crippen molar-refractivity contribution in [3.05, 3.63) is 90.6 Å². The first-order chi connectivity index (χ1) is 17.7. The smallest absolute Gasteiger partial charge is 0.0719 e. The van der Waals surface area contributed by atoms with Gasteiger partial charge in [-0.1, -0.05) is 81.4 Å². The van der Waals surface area contributed by atoms with Gasteiger partial charge in [0, 0.05) is 65.6 Å². The van der Waals surface area contributed by atoms with Crippen LogP contribution in [0.1, 0.15) is 29.1 Å². The SMILES string of the molecule is [2H]C([2H])(c1ccnc(-c2cccc3c2sc2c3ccc3c2ccc2c4ccccc4sc23)c1)C(C)(C)C. The van der Waals surface area contributed by atoms with Crippen molar-refractivity contribution in [3.63, 3.8) is 0 Å². The Morgan fingerprint density at radius 1 is 0.686 bits per heavy atom. The highest BCUT2D eigenvalue weighted by atomic mass is 32.1. The zero-order chi connectivity index (χ0) is 25.5. The summed E-state index contributed by atoms with van der Waals surface area (Å²) in [5.41, 5.74) is 2.02. The van der Waals surface area contributed by atoms with Gasteiger partial charge in [-0.05, 0) is 35.6 Å². The Balaban J connectivity index is 1.48. The molecule has 4 aromatic carbocycles. The third-order valence-electron chi connectivity index (χ3n) is 6.56. The van der Waals surface area contributed by atoms with Crippen molar-refractivity contribution in [2.24, 2.45) is 5.41 Å². The molecule has 0 aliphatic carbocycles. The number of thiophene rings is 2. The molecule has 0 saturated carbocycles. The molecule has 0 amide bonds. The Kier molecular flexibility index (Phi) is 4.13. The molecule has 0 N–H and O–H groups in total. The summed E-state index contributed by atoms with van der Waals surface area (Å²) >= 11 is 3.69. The molecule has 3 heteroatoms. The fourth-order valence-corrected chi connectivity index (χ4v) is 7.72. The molecule has 0 unspecified atom stereocenters. The van der Waals surface area contributed by atoms with Crippen molar-refractivity contribution in [2.75, 3.05) is 0 Å². The Hall–Kier alpha value is -3.27. The number of nitrogens with zero attached hydrogens (tertiary/aromatic N) is 1. The van der Waals surface area contributed by atoms with Crippen LogP contribution in [0.2, 0.25) is 0 Å². The van der Waals surface area contributed by atoms with Gasteiger partial charge in [-0.3, -0.25) is 4.98 Å². The van der Waals surface area contributed by atoms with Crippen LogP contribution in [-0.2, 0) is 6.37 Å². The monoisotopic (exact) mass is 489 g/mol. The number of aromatic nitrogens is 1. The van der Waals surface area contributed by atoms with Gasteiger partial charge in [-0.25, -0.2) is 0 Å². The Morgan fingerprint density at radius 3 is 2.06 bits per heavy atom. The summed E-state index contributed by atoms with van der Waals surface area (Å²) in [5.74, 6) is 0. The van der Waals surface area contributed by atoms with E-state index in [0.29, 0.717) is 5.56 Å². The third-order valence-corrected chi connectivity index (χ3v) is 9.06. The molecule has 3 heterocycles. The summed E-state index contributed by atoms with van der Waals surface area (Å²) in [4.78, 5) is 4.69. The molecule has 0 saturated heterocycles. The summed E-state index contributed by atoms with van der Waals surface area (Å²) in [6.07, 6.45) is 0.276. The summed E-state index contributed by atoms with van der Waals surface area (Å²) in [6.45, 7) is 5.83. The molecule has 7 aromatic rings. The minimum Gasteiger partial charge on any atom is -0.256 e. The van der Waals surface area contributed by atoms with Gasteiger partial charge in [-0.15, -0.1) is 22.7 Å². The average molecular weight is 490 g/mol. The first-order valence-electron chi connectivity index (χ1n) is 12.9. The van der Waals surface area contributed by atoms with Gasteiger partial charge >= 0.3 is 0 Å². The van der Waals surface area contributed by atoms with Crippen LogP contribution < -0.4 is 0 Å². The topological polar surface area (TPSA) is 12.9 Å². The van der Waals surface area contributed by atoms with E-state index in [1.54, 1.807) is 6.20 Å². The van der Waals surface area contributed by atoms with Gasteiger partial charge in [0.1, 0.15) is 0 Å². The second-order valence-electron chi connectivity index (χ2n) is 10.2. The number of pyridine rings is 1. The summed E-state index contributed by atoms with van der Waals surface area (Å²) in [7, 11) is 0. The van der Waals surface area contributed by atoms with E-state index in [1.165, 1.54) is 51.1 Å². The van der Waals surface area contributed by atoms with Crippen LogP contribution in [-0.4, -0.2) is 4.98 Å². The van der Waals surface area contributed by atoms with Crippen molar-refractivity contribution >= 4 is 73.8 Å². The van der Waals surface area contributed by atoms with Crippen LogP contribution in [0.25, 0.3) is 62.4 Å². The number of fused-ring (bicyclic) bond motifs is 9. The lowest BCUT2D eigenvalue weighted by molar-refractivity contribution is 0.411. The maximum Gasteiger partial charge on any atom is 0.0719 e. The predicted molar refractivity (Wildman–Crippen MR) is 156 cm³/mol. The summed E-state index contributed by atoms with van der Waals surface area (Å²) in [5, 5.41) is 7.72. The first kappa shape index (κ1) is 19.0. The van der Waals surface area contributed by atoms with E-state index in [1.807, 2.05) is 55.6 Å². The van der Waals surface area contributed by atoms with Crippen LogP contribution in [0.4, 0.5) is 0 Å². The molecule has 7 rings (SSSR count). The Labute approximate surface area is 215 Å². The van der Waals surface area contributed by atoms with E-state index in [0.717, 1.165) is 11.3 Å². The van der Waals surface area contributed by atoms with Gasteiger partial charge in [0.2, 0.25) is 0 Å². The van der Waals surface area contributed by atoms with Crippen molar-refractivity contribution < 1.29 is 2.74 Å². The fourth-order valence-electron chi connectivity index (χ4n) is 5.13. The van der Waals surface area contributed by atoms with E-state index in [4.69, 9.17) is 7.73 Å². The van der Waals surface area contributed by atoms with Gasteiger partial charge in [0.25, 0.3) is 0 Å². The largest absolute Gasteiger partial charge is 0.256 e. The Bertz CT molecular complexity index is 2010. The zero-order valence-corrected chi connectivity index (χ0v) is 21.5. The lowest BCUT2D eigenvalue weighted by atomic mass is 9.88. The van der Waals surface area contributed by atoms with E-state index >= 15 is 0 Å². The van der Waals surface area contributed by atoms with Crippen molar-refractivity contribution in [2.45, 2.75) is 27.1 Å². The highest BCUT2D eigenvalue weighted by Gasteiger charge is 2.17.